The van der Waals surface area contributed by atoms with Crippen molar-refractivity contribution in [3.63, 3.8) is 0 Å². The van der Waals surface area contributed by atoms with Gasteiger partial charge < -0.3 is 9.84 Å². The SMILES string of the molecule is CC(C)(C)c1ccc(Oc2ccccc2C[n+]2c(O)c(-c3cccc(C(F)(F)F)c3)c(=O)n3ccccc32)cc1. The number of pyridine rings is 1. The van der Waals surface area contributed by atoms with Crippen LogP contribution in [0.15, 0.2) is 102 Å². The van der Waals surface area contributed by atoms with Gasteiger partial charge in [0.05, 0.1) is 11.8 Å². The molecule has 40 heavy (non-hydrogen) atoms. The minimum atomic E-state index is -4.60. The fraction of sp³-hybridized carbons (Fsp3) is 0.188. The van der Waals surface area contributed by atoms with Crippen LogP contribution in [0.2, 0.25) is 0 Å². The summed E-state index contributed by atoms with van der Waals surface area (Å²) >= 11 is 0. The number of halogens is 3. The first-order valence-electron chi connectivity index (χ1n) is 12.7. The second kappa shape index (κ2) is 10.2. The highest BCUT2D eigenvalue weighted by Gasteiger charge is 2.32. The van der Waals surface area contributed by atoms with Gasteiger partial charge in [-0.2, -0.15) is 22.1 Å². The van der Waals surface area contributed by atoms with E-state index < -0.39 is 23.2 Å². The Morgan fingerprint density at radius 3 is 2.25 bits per heavy atom. The van der Waals surface area contributed by atoms with Crippen molar-refractivity contribution in [2.24, 2.45) is 0 Å². The lowest BCUT2D eigenvalue weighted by Crippen LogP contribution is -2.41. The Bertz CT molecular complexity index is 1750. The zero-order valence-corrected chi connectivity index (χ0v) is 22.2. The summed E-state index contributed by atoms with van der Waals surface area (Å²) in [6.07, 6.45) is -3.08. The van der Waals surface area contributed by atoms with Gasteiger partial charge in [-0.15, -0.1) is 0 Å². The molecule has 0 radical (unpaired) electrons. The second-order valence-corrected chi connectivity index (χ2v) is 10.6. The van der Waals surface area contributed by atoms with E-state index in [1.54, 1.807) is 24.3 Å². The number of rotatable bonds is 5. The van der Waals surface area contributed by atoms with Gasteiger partial charge in [0.2, 0.25) is 0 Å². The molecule has 0 aliphatic heterocycles. The van der Waals surface area contributed by atoms with E-state index in [0.29, 0.717) is 22.7 Å². The summed E-state index contributed by atoms with van der Waals surface area (Å²) in [5.41, 5.74) is 0.411. The van der Waals surface area contributed by atoms with Crippen LogP contribution >= 0.6 is 0 Å². The summed E-state index contributed by atoms with van der Waals surface area (Å²) in [6, 6.07) is 24.5. The Morgan fingerprint density at radius 2 is 1.55 bits per heavy atom. The topological polar surface area (TPSA) is 54.8 Å². The smallest absolute Gasteiger partial charge is 0.416 e. The molecule has 8 heteroatoms. The number of hydrogen-bond acceptors (Lipinski definition) is 3. The molecule has 5 aromatic rings. The Labute approximate surface area is 229 Å². The van der Waals surface area contributed by atoms with Gasteiger partial charge in [0, 0.05) is 11.6 Å². The average molecular weight is 546 g/mol. The fourth-order valence-corrected chi connectivity index (χ4v) is 4.60. The minimum absolute atomic E-state index is 0.00558. The Hall–Kier alpha value is -4.59. The number of benzene rings is 3. The monoisotopic (exact) mass is 545 g/mol. The Balaban J connectivity index is 1.60. The summed E-state index contributed by atoms with van der Waals surface area (Å²) in [5.74, 6) is 0.729. The number of aromatic nitrogens is 2. The summed E-state index contributed by atoms with van der Waals surface area (Å²) in [6.45, 7) is 6.48. The van der Waals surface area contributed by atoms with Crippen molar-refractivity contribution in [2.75, 3.05) is 0 Å². The fourth-order valence-electron chi connectivity index (χ4n) is 4.60. The third-order valence-corrected chi connectivity index (χ3v) is 6.75. The molecule has 0 aliphatic rings. The first-order chi connectivity index (χ1) is 18.9. The standard InChI is InChI=1S/C32H27F3N2O3/c1-31(2,3)23-14-16-25(17-15-23)40-26-12-5-4-9-22(26)20-37-27-13-6-7-18-36(27)29(38)28(30(37)39)21-10-8-11-24(19-21)32(33,34)35/h4-19H,20H2,1-3H3/p+1. The lowest BCUT2D eigenvalue weighted by atomic mass is 9.87. The largest absolute Gasteiger partial charge is 0.477 e. The van der Waals surface area contributed by atoms with Crippen molar-refractivity contribution >= 4 is 5.65 Å². The zero-order valence-electron chi connectivity index (χ0n) is 22.2. The highest BCUT2D eigenvalue weighted by Crippen LogP contribution is 2.34. The van der Waals surface area contributed by atoms with Crippen LogP contribution in [0.25, 0.3) is 16.8 Å². The van der Waals surface area contributed by atoms with Crippen molar-refractivity contribution in [1.82, 2.24) is 4.40 Å². The van der Waals surface area contributed by atoms with E-state index >= 15 is 0 Å². The molecule has 2 aromatic heterocycles. The van der Waals surface area contributed by atoms with Crippen LogP contribution in [-0.4, -0.2) is 9.51 Å². The van der Waals surface area contributed by atoms with E-state index in [1.807, 2.05) is 42.5 Å². The second-order valence-electron chi connectivity index (χ2n) is 10.6. The quantitative estimate of drug-likeness (QED) is 0.239. The average Bonchev–Trinajstić information content (AvgIpc) is 2.91. The molecule has 0 saturated carbocycles. The molecule has 5 nitrogen and oxygen atoms in total. The van der Waals surface area contributed by atoms with Gasteiger partial charge in [-0.3, -0.25) is 0 Å². The van der Waals surface area contributed by atoms with E-state index in [9.17, 15) is 23.1 Å². The van der Waals surface area contributed by atoms with Crippen LogP contribution in [0.4, 0.5) is 13.2 Å². The molecule has 5 rings (SSSR count). The van der Waals surface area contributed by atoms with E-state index in [-0.39, 0.29) is 23.1 Å². The predicted octanol–water partition coefficient (Wildman–Crippen LogP) is 7.12. The molecule has 0 amide bonds. The molecular formula is C32H28F3N2O3+. The van der Waals surface area contributed by atoms with Crippen LogP contribution in [0.3, 0.4) is 0 Å². The maximum absolute atomic E-state index is 13.4. The van der Waals surface area contributed by atoms with Crippen LogP contribution in [-0.2, 0) is 18.1 Å². The number of ether oxygens (including phenoxy) is 1. The molecule has 0 spiro atoms. The molecular weight excluding hydrogens is 517 g/mol. The maximum atomic E-state index is 13.4. The summed E-state index contributed by atoms with van der Waals surface area (Å²) in [4.78, 5) is 13.4. The highest BCUT2D eigenvalue weighted by atomic mass is 19.4. The summed E-state index contributed by atoms with van der Waals surface area (Å²) in [5, 5.41) is 11.4. The molecule has 0 bridgehead atoms. The van der Waals surface area contributed by atoms with Crippen LogP contribution in [0.5, 0.6) is 17.4 Å². The third-order valence-electron chi connectivity index (χ3n) is 6.75. The zero-order chi connectivity index (χ0) is 28.7. The van der Waals surface area contributed by atoms with Gasteiger partial charge in [0.25, 0.3) is 11.5 Å². The number of aromatic hydroxyl groups is 1. The van der Waals surface area contributed by atoms with Crippen molar-refractivity contribution in [3.8, 4) is 28.5 Å². The van der Waals surface area contributed by atoms with E-state index in [1.165, 1.54) is 27.3 Å². The third kappa shape index (κ3) is 5.30. The normalized spacial score (nSPS) is 12.1. The van der Waals surface area contributed by atoms with Gasteiger partial charge in [0.1, 0.15) is 18.0 Å². The molecule has 0 saturated heterocycles. The van der Waals surface area contributed by atoms with E-state index in [2.05, 4.69) is 20.8 Å². The van der Waals surface area contributed by atoms with E-state index in [0.717, 1.165) is 17.7 Å². The molecule has 204 valence electrons. The molecule has 0 fully saturated rings. The molecule has 2 heterocycles. The van der Waals surface area contributed by atoms with Gasteiger partial charge in [-0.05, 0) is 52.9 Å². The van der Waals surface area contributed by atoms with Gasteiger partial charge in [-0.1, -0.05) is 69.3 Å². The Morgan fingerprint density at radius 1 is 0.850 bits per heavy atom. The first-order valence-corrected chi connectivity index (χ1v) is 12.7. The Kier molecular flexibility index (Phi) is 6.87. The summed E-state index contributed by atoms with van der Waals surface area (Å²) < 4.78 is 49.3. The molecule has 3 aromatic carbocycles. The van der Waals surface area contributed by atoms with Crippen molar-refractivity contribution < 1.29 is 27.6 Å². The number of nitrogens with zero attached hydrogens (tertiary/aromatic N) is 2. The predicted molar refractivity (Wildman–Crippen MR) is 147 cm³/mol. The van der Waals surface area contributed by atoms with Gasteiger partial charge in [-0.25, -0.2) is 4.79 Å². The first kappa shape index (κ1) is 27.0. The van der Waals surface area contributed by atoms with Gasteiger partial charge in [0.15, 0.2) is 5.56 Å². The molecule has 1 N–H and O–H groups in total. The van der Waals surface area contributed by atoms with Crippen molar-refractivity contribution in [3.05, 3.63) is 124 Å². The van der Waals surface area contributed by atoms with Gasteiger partial charge >= 0.3 is 11.7 Å². The number of hydrogen-bond donors (Lipinski definition) is 1. The summed E-state index contributed by atoms with van der Waals surface area (Å²) in [7, 11) is 0. The van der Waals surface area contributed by atoms with Crippen LogP contribution in [0, 0.1) is 0 Å². The minimum Gasteiger partial charge on any atom is -0.477 e. The number of alkyl halides is 3. The van der Waals surface area contributed by atoms with Crippen molar-refractivity contribution in [2.45, 2.75) is 38.9 Å². The molecule has 0 unspecified atom stereocenters. The lowest BCUT2D eigenvalue weighted by molar-refractivity contribution is -0.671. The van der Waals surface area contributed by atoms with E-state index in [4.69, 9.17) is 4.74 Å². The number of fused-ring (bicyclic) bond motifs is 1. The van der Waals surface area contributed by atoms with Crippen LogP contribution in [0.1, 0.15) is 37.5 Å². The molecule has 0 aliphatic carbocycles. The van der Waals surface area contributed by atoms with Crippen LogP contribution < -0.4 is 14.9 Å². The maximum Gasteiger partial charge on any atom is 0.416 e. The number of para-hydroxylation sites is 1. The molecule has 0 atom stereocenters. The van der Waals surface area contributed by atoms with Crippen molar-refractivity contribution in [1.29, 1.82) is 0 Å². The highest BCUT2D eigenvalue weighted by molar-refractivity contribution is 5.68. The lowest BCUT2D eigenvalue weighted by Gasteiger charge is -2.19.